The second kappa shape index (κ2) is 5.86. The first-order valence-electron chi connectivity index (χ1n) is 5.68. The number of thiazole rings is 1. The zero-order valence-electron chi connectivity index (χ0n) is 10.3. The van der Waals surface area contributed by atoms with Gasteiger partial charge >= 0.3 is 5.97 Å². The summed E-state index contributed by atoms with van der Waals surface area (Å²) in [6.07, 6.45) is 1.92. The van der Waals surface area contributed by atoms with Crippen LogP contribution >= 0.6 is 22.9 Å². The Morgan fingerprint density at radius 1 is 1.56 bits per heavy atom. The van der Waals surface area contributed by atoms with Crippen LogP contribution in [-0.2, 0) is 9.47 Å². The van der Waals surface area contributed by atoms with Crippen LogP contribution in [0.3, 0.4) is 0 Å². The molecule has 2 heterocycles. The van der Waals surface area contributed by atoms with E-state index in [9.17, 15) is 4.79 Å². The quantitative estimate of drug-likeness (QED) is 0.799. The molecule has 1 saturated heterocycles. The molecule has 0 N–H and O–H groups in total. The molecule has 0 radical (unpaired) electrons. The standard InChI is InChI=1S/C11H15ClN2O3S/c1-14(7-3-5-17-6-4-7)11-13-9(12)8(18-11)10(15)16-2/h7H,3-6H2,1-2H3. The summed E-state index contributed by atoms with van der Waals surface area (Å²) in [5, 5.41) is 0.952. The fourth-order valence-corrected chi connectivity index (χ4v) is 3.12. The van der Waals surface area contributed by atoms with E-state index in [1.807, 2.05) is 7.05 Å². The van der Waals surface area contributed by atoms with Gasteiger partial charge in [0.1, 0.15) is 0 Å². The molecule has 0 amide bonds. The van der Waals surface area contributed by atoms with Crippen LogP contribution in [0.2, 0.25) is 5.15 Å². The van der Waals surface area contributed by atoms with Gasteiger partial charge < -0.3 is 14.4 Å². The fraction of sp³-hybridized carbons (Fsp3) is 0.636. The van der Waals surface area contributed by atoms with Gasteiger partial charge in [-0.15, -0.1) is 0 Å². The van der Waals surface area contributed by atoms with Gasteiger partial charge in [-0.2, -0.15) is 0 Å². The van der Waals surface area contributed by atoms with Crippen molar-refractivity contribution in [3.8, 4) is 0 Å². The number of methoxy groups -OCH3 is 1. The van der Waals surface area contributed by atoms with Crippen molar-refractivity contribution in [2.75, 3.05) is 32.3 Å². The van der Waals surface area contributed by atoms with Gasteiger partial charge in [0, 0.05) is 26.3 Å². The van der Waals surface area contributed by atoms with Crippen LogP contribution in [0.5, 0.6) is 0 Å². The van der Waals surface area contributed by atoms with Crippen LogP contribution in [0, 0.1) is 0 Å². The normalized spacial score (nSPS) is 16.6. The molecule has 0 spiro atoms. The highest BCUT2D eigenvalue weighted by atomic mass is 35.5. The smallest absolute Gasteiger partial charge is 0.351 e. The summed E-state index contributed by atoms with van der Waals surface area (Å²) in [5.41, 5.74) is 0. The molecule has 1 aromatic rings. The molecule has 100 valence electrons. The molecular weight excluding hydrogens is 276 g/mol. The van der Waals surface area contributed by atoms with E-state index < -0.39 is 5.97 Å². The lowest BCUT2D eigenvalue weighted by Crippen LogP contribution is -2.36. The predicted octanol–water partition coefficient (Wildman–Crippen LogP) is 2.20. The van der Waals surface area contributed by atoms with E-state index in [1.54, 1.807) is 0 Å². The van der Waals surface area contributed by atoms with E-state index in [1.165, 1.54) is 18.4 Å². The lowest BCUT2D eigenvalue weighted by atomic mass is 10.1. The molecule has 0 saturated carbocycles. The van der Waals surface area contributed by atoms with E-state index in [0.717, 1.165) is 31.2 Å². The summed E-state index contributed by atoms with van der Waals surface area (Å²) in [5.74, 6) is -0.441. The summed E-state index contributed by atoms with van der Waals surface area (Å²) in [4.78, 5) is 18.1. The van der Waals surface area contributed by atoms with Crippen LogP contribution < -0.4 is 4.90 Å². The Balaban J connectivity index is 2.15. The zero-order valence-corrected chi connectivity index (χ0v) is 11.9. The average Bonchev–Trinajstić information content (AvgIpc) is 2.80. The molecule has 2 rings (SSSR count). The Morgan fingerprint density at radius 2 is 2.22 bits per heavy atom. The van der Waals surface area contributed by atoms with Gasteiger partial charge in [0.05, 0.1) is 7.11 Å². The molecule has 18 heavy (non-hydrogen) atoms. The largest absolute Gasteiger partial charge is 0.465 e. The summed E-state index contributed by atoms with van der Waals surface area (Å²) in [6, 6.07) is 0.381. The van der Waals surface area contributed by atoms with Crippen molar-refractivity contribution in [3.05, 3.63) is 10.0 Å². The van der Waals surface area contributed by atoms with Crippen molar-refractivity contribution in [2.45, 2.75) is 18.9 Å². The highest BCUT2D eigenvalue weighted by molar-refractivity contribution is 7.18. The fourth-order valence-electron chi connectivity index (χ4n) is 1.89. The number of nitrogens with zero attached hydrogens (tertiary/aromatic N) is 2. The predicted molar refractivity (Wildman–Crippen MR) is 70.7 cm³/mol. The minimum atomic E-state index is -0.441. The third-order valence-electron chi connectivity index (χ3n) is 2.99. The molecule has 1 aliphatic rings. The number of aromatic nitrogens is 1. The van der Waals surface area contributed by atoms with Gasteiger partial charge in [-0.3, -0.25) is 0 Å². The van der Waals surface area contributed by atoms with E-state index in [0.29, 0.717) is 10.9 Å². The Kier molecular flexibility index (Phi) is 4.42. The number of anilines is 1. The Morgan fingerprint density at radius 3 is 2.83 bits per heavy atom. The molecule has 0 bridgehead atoms. The third kappa shape index (κ3) is 2.76. The van der Waals surface area contributed by atoms with E-state index in [-0.39, 0.29) is 5.15 Å². The minimum Gasteiger partial charge on any atom is -0.465 e. The van der Waals surface area contributed by atoms with E-state index in [4.69, 9.17) is 16.3 Å². The molecule has 0 atom stereocenters. The molecule has 5 nitrogen and oxygen atoms in total. The van der Waals surface area contributed by atoms with Crippen molar-refractivity contribution in [1.82, 2.24) is 4.98 Å². The number of hydrogen-bond donors (Lipinski definition) is 0. The van der Waals surface area contributed by atoms with Crippen LogP contribution in [0.4, 0.5) is 5.13 Å². The molecular formula is C11H15ClN2O3S. The third-order valence-corrected chi connectivity index (χ3v) is 4.50. The van der Waals surface area contributed by atoms with Gasteiger partial charge in [0.2, 0.25) is 0 Å². The van der Waals surface area contributed by atoms with Crippen molar-refractivity contribution in [1.29, 1.82) is 0 Å². The first-order chi connectivity index (χ1) is 8.63. The number of esters is 1. The maximum atomic E-state index is 11.5. The molecule has 1 aromatic heterocycles. The molecule has 1 aliphatic heterocycles. The number of hydrogen-bond acceptors (Lipinski definition) is 6. The first kappa shape index (κ1) is 13.6. The number of ether oxygens (including phenoxy) is 2. The van der Waals surface area contributed by atoms with E-state index in [2.05, 4.69) is 14.6 Å². The van der Waals surface area contributed by atoms with Gasteiger partial charge in [0.25, 0.3) is 0 Å². The summed E-state index contributed by atoms with van der Waals surface area (Å²) in [7, 11) is 3.30. The Labute approximate surface area is 115 Å². The molecule has 0 unspecified atom stereocenters. The Bertz CT molecular complexity index is 432. The monoisotopic (exact) mass is 290 g/mol. The molecule has 7 heteroatoms. The van der Waals surface area contributed by atoms with E-state index >= 15 is 0 Å². The van der Waals surface area contributed by atoms with Crippen molar-refractivity contribution >= 4 is 34.0 Å². The number of carbonyl (C=O) groups is 1. The zero-order chi connectivity index (χ0) is 13.1. The van der Waals surface area contributed by atoms with Crippen LogP contribution in [0.15, 0.2) is 0 Å². The second-order valence-corrected chi connectivity index (χ2v) is 5.40. The number of halogens is 1. The Hall–Kier alpha value is -0.850. The van der Waals surface area contributed by atoms with Crippen molar-refractivity contribution in [2.24, 2.45) is 0 Å². The van der Waals surface area contributed by atoms with Gasteiger partial charge in [-0.25, -0.2) is 9.78 Å². The molecule has 1 fully saturated rings. The molecule has 0 aromatic carbocycles. The lowest BCUT2D eigenvalue weighted by molar-refractivity contribution is 0.0606. The molecule has 0 aliphatic carbocycles. The van der Waals surface area contributed by atoms with Gasteiger partial charge in [-0.1, -0.05) is 22.9 Å². The van der Waals surface area contributed by atoms with Crippen LogP contribution in [0.25, 0.3) is 0 Å². The van der Waals surface area contributed by atoms with Gasteiger partial charge in [0.15, 0.2) is 15.2 Å². The summed E-state index contributed by atoms with van der Waals surface area (Å²) >= 11 is 7.21. The maximum absolute atomic E-state index is 11.5. The SMILES string of the molecule is COC(=O)c1sc(N(C)C2CCOCC2)nc1Cl. The lowest BCUT2D eigenvalue weighted by Gasteiger charge is -2.30. The average molecular weight is 291 g/mol. The number of rotatable bonds is 3. The van der Waals surface area contributed by atoms with Gasteiger partial charge in [-0.05, 0) is 12.8 Å². The van der Waals surface area contributed by atoms with Crippen LogP contribution in [0.1, 0.15) is 22.5 Å². The minimum absolute atomic E-state index is 0.209. The topological polar surface area (TPSA) is 51.7 Å². The highest BCUT2D eigenvalue weighted by Gasteiger charge is 2.24. The highest BCUT2D eigenvalue weighted by Crippen LogP contribution is 2.31. The first-order valence-corrected chi connectivity index (χ1v) is 6.88. The summed E-state index contributed by atoms with van der Waals surface area (Å²) < 4.78 is 9.99. The number of carbonyl (C=O) groups excluding carboxylic acids is 1. The maximum Gasteiger partial charge on any atom is 0.351 e. The summed E-state index contributed by atoms with van der Waals surface area (Å²) in [6.45, 7) is 1.52. The second-order valence-electron chi connectivity index (χ2n) is 4.06. The van der Waals surface area contributed by atoms with Crippen molar-refractivity contribution in [3.63, 3.8) is 0 Å². The van der Waals surface area contributed by atoms with Crippen LogP contribution in [-0.4, -0.2) is 44.4 Å². The van der Waals surface area contributed by atoms with Crippen molar-refractivity contribution < 1.29 is 14.3 Å².